The first-order chi connectivity index (χ1) is 48.8. The van der Waals surface area contributed by atoms with E-state index in [1.54, 1.807) is 0 Å². The van der Waals surface area contributed by atoms with Gasteiger partial charge in [-0.05, 0) is 57.8 Å². The van der Waals surface area contributed by atoms with Crippen LogP contribution in [-0.2, 0) is 33.2 Å². The lowest BCUT2D eigenvalue weighted by atomic mass is 9.96. The summed E-state index contributed by atoms with van der Waals surface area (Å²) in [5, 5.41) is 121. The Kier molecular flexibility index (Phi) is 56.5. The third-order valence-corrected chi connectivity index (χ3v) is 20.1. The number of carbonyl (C=O) groups excluding carboxylic acids is 1. The van der Waals surface area contributed by atoms with Crippen molar-refractivity contribution in [3.05, 3.63) is 60.8 Å². The summed E-state index contributed by atoms with van der Waals surface area (Å²) < 4.78 is 34.5. The van der Waals surface area contributed by atoms with Gasteiger partial charge in [0.25, 0.3) is 0 Å². The maximum absolute atomic E-state index is 13.5. The zero-order valence-corrected chi connectivity index (χ0v) is 62.4. The second-order valence-corrected chi connectivity index (χ2v) is 28.9. The van der Waals surface area contributed by atoms with Crippen LogP contribution in [0, 0.1) is 0 Å². The molecule has 3 aliphatic rings. The van der Waals surface area contributed by atoms with E-state index in [4.69, 9.17) is 28.4 Å². The van der Waals surface area contributed by atoms with Crippen molar-refractivity contribution >= 4 is 5.91 Å². The minimum Gasteiger partial charge on any atom is -0.394 e. The molecule has 0 spiro atoms. The van der Waals surface area contributed by atoms with Crippen LogP contribution in [-0.4, -0.2) is 193 Å². The van der Waals surface area contributed by atoms with Gasteiger partial charge in [0.2, 0.25) is 5.91 Å². The van der Waals surface area contributed by atoms with Gasteiger partial charge in [0.05, 0.1) is 38.6 Å². The Hall–Kier alpha value is -2.51. The Labute approximate surface area is 605 Å². The maximum Gasteiger partial charge on any atom is 0.220 e. The minimum absolute atomic E-state index is 0.238. The molecular weight excluding hydrogens is 1270 g/mol. The first-order valence-corrected chi connectivity index (χ1v) is 40.5. The van der Waals surface area contributed by atoms with Gasteiger partial charge in [-0.3, -0.25) is 4.79 Å². The lowest BCUT2D eigenvalue weighted by Crippen LogP contribution is -2.66. The molecule has 3 aliphatic heterocycles. The summed E-state index contributed by atoms with van der Waals surface area (Å²) >= 11 is 0. The average Bonchev–Trinajstić information content (AvgIpc) is 0.784. The molecule has 3 heterocycles. The van der Waals surface area contributed by atoms with Crippen molar-refractivity contribution < 1.29 is 89.4 Å². The lowest BCUT2D eigenvalue weighted by molar-refractivity contribution is -0.379. The van der Waals surface area contributed by atoms with E-state index in [1.165, 1.54) is 205 Å². The fraction of sp³-hybridized carbons (Fsp3) is 0.864. The monoisotopic (exact) mass is 1420 g/mol. The SMILES string of the molecule is CC/C=C\C/C=C\C/C=C\C/C=C\C/C=C\CCCCCCCCCCCCCCCCCCCCCCCCCC(=O)NC(COC1OC(CO)C(OC2OC(CO)C(OC3OC(CO)C(O)C(O)C3O)C(O)C2O)C(O)C1O)C(O)CCCCCCCCCCCCCCCCCC. The number of unbranched alkanes of at least 4 members (excludes halogenated alkanes) is 38. The molecule has 17 unspecified atom stereocenters. The Morgan fingerprint density at radius 3 is 1.08 bits per heavy atom. The second kappa shape index (κ2) is 61.6. The predicted octanol–water partition coefficient (Wildman–Crippen LogP) is 13.5. The molecular formula is C81H147NO18. The summed E-state index contributed by atoms with van der Waals surface area (Å²) in [6.45, 7) is 1.72. The quantitative estimate of drug-likeness (QED) is 0.0199. The third-order valence-electron chi connectivity index (χ3n) is 20.1. The Bertz CT molecular complexity index is 2040. The van der Waals surface area contributed by atoms with E-state index in [2.05, 4.69) is 79.9 Å². The van der Waals surface area contributed by atoms with E-state index >= 15 is 0 Å². The van der Waals surface area contributed by atoms with Crippen LogP contribution in [0.25, 0.3) is 0 Å². The molecule has 19 nitrogen and oxygen atoms in total. The Balaban J connectivity index is 1.29. The van der Waals surface area contributed by atoms with Gasteiger partial charge in [0, 0.05) is 6.42 Å². The van der Waals surface area contributed by atoms with Crippen LogP contribution in [0.4, 0.5) is 0 Å². The molecule has 3 saturated heterocycles. The van der Waals surface area contributed by atoms with E-state index in [-0.39, 0.29) is 18.9 Å². The van der Waals surface area contributed by atoms with Crippen molar-refractivity contribution in [1.82, 2.24) is 5.32 Å². The van der Waals surface area contributed by atoms with Crippen molar-refractivity contribution in [2.24, 2.45) is 0 Å². The summed E-state index contributed by atoms with van der Waals surface area (Å²) in [5.74, 6) is -0.238. The summed E-state index contributed by atoms with van der Waals surface area (Å²) in [4.78, 5) is 13.5. The van der Waals surface area contributed by atoms with Gasteiger partial charge in [0.15, 0.2) is 18.9 Å². The van der Waals surface area contributed by atoms with Crippen LogP contribution in [0.15, 0.2) is 60.8 Å². The molecule has 12 N–H and O–H groups in total. The number of hydrogen-bond acceptors (Lipinski definition) is 18. The molecule has 17 atom stereocenters. The van der Waals surface area contributed by atoms with Crippen LogP contribution in [0.2, 0.25) is 0 Å². The van der Waals surface area contributed by atoms with E-state index in [0.29, 0.717) is 12.8 Å². The number of allylic oxidation sites excluding steroid dienone is 10. The zero-order valence-electron chi connectivity index (χ0n) is 62.4. The van der Waals surface area contributed by atoms with Crippen molar-refractivity contribution in [1.29, 1.82) is 0 Å². The van der Waals surface area contributed by atoms with Crippen LogP contribution >= 0.6 is 0 Å². The highest BCUT2D eigenvalue weighted by Gasteiger charge is 2.54. The van der Waals surface area contributed by atoms with Crippen molar-refractivity contribution in [3.63, 3.8) is 0 Å². The largest absolute Gasteiger partial charge is 0.394 e. The molecule has 0 aromatic heterocycles. The molecule has 19 heteroatoms. The van der Waals surface area contributed by atoms with Crippen molar-refractivity contribution in [3.8, 4) is 0 Å². The van der Waals surface area contributed by atoms with Crippen LogP contribution in [0.1, 0.15) is 316 Å². The van der Waals surface area contributed by atoms with Gasteiger partial charge in [-0.15, -0.1) is 0 Å². The smallest absolute Gasteiger partial charge is 0.220 e. The molecule has 3 rings (SSSR count). The third kappa shape index (κ3) is 41.4. The summed E-state index contributed by atoms with van der Waals surface area (Å²) in [7, 11) is 0. The molecule has 1 amide bonds. The fourth-order valence-electron chi connectivity index (χ4n) is 13.6. The predicted molar refractivity (Wildman–Crippen MR) is 397 cm³/mol. The van der Waals surface area contributed by atoms with Crippen molar-refractivity contribution in [2.45, 2.75) is 420 Å². The van der Waals surface area contributed by atoms with E-state index < -0.39 is 124 Å². The first kappa shape index (κ1) is 91.7. The highest BCUT2D eigenvalue weighted by molar-refractivity contribution is 5.76. The topological polar surface area (TPSA) is 307 Å². The molecule has 0 aliphatic carbocycles. The van der Waals surface area contributed by atoms with Crippen molar-refractivity contribution in [2.75, 3.05) is 26.4 Å². The molecule has 100 heavy (non-hydrogen) atoms. The molecule has 0 aromatic rings. The second-order valence-electron chi connectivity index (χ2n) is 28.9. The molecule has 0 bridgehead atoms. The summed E-state index contributed by atoms with van der Waals surface area (Å²) in [6, 6.07) is -0.887. The molecule has 0 radical (unpaired) electrons. The molecule has 584 valence electrons. The highest BCUT2D eigenvalue weighted by Crippen LogP contribution is 2.33. The first-order valence-electron chi connectivity index (χ1n) is 40.5. The van der Waals surface area contributed by atoms with E-state index in [0.717, 1.165) is 77.0 Å². The standard InChI is InChI=1S/C81H147NO18/c1-3-5-7-9-11-13-15-17-19-21-22-23-24-25-26-27-28-29-30-31-32-33-34-35-36-37-38-39-40-41-42-43-45-47-49-51-53-55-57-59-69(87)82-64(65(86)58-56-54-52-50-48-46-44-20-18-16-14-12-10-8-6-4-2)63-95-79-75(93)72(90)77(67(61-84)97-79)100-81-76(94)73(91)78(68(62-85)98-81)99-80-74(92)71(89)70(88)66(60-83)96-80/h5,7,11,13,17,19,22-23,25-26,64-68,70-81,83-86,88-94H,3-4,6,8-10,12,14-16,18,20-21,24,27-63H2,1-2H3,(H,82,87)/b7-5-,13-11-,19-17-,23-22-,26-25-. The van der Waals surface area contributed by atoms with Crippen LogP contribution in [0.3, 0.4) is 0 Å². The van der Waals surface area contributed by atoms with Crippen LogP contribution in [0.5, 0.6) is 0 Å². The van der Waals surface area contributed by atoms with Gasteiger partial charge >= 0.3 is 0 Å². The number of nitrogens with one attached hydrogen (secondary N) is 1. The molecule has 0 aromatic carbocycles. The number of amides is 1. The summed E-state index contributed by atoms with van der Waals surface area (Å²) in [5.41, 5.74) is 0. The number of hydrogen-bond donors (Lipinski definition) is 12. The van der Waals surface area contributed by atoms with Gasteiger partial charge in [0.1, 0.15) is 73.2 Å². The lowest BCUT2D eigenvalue weighted by Gasteiger charge is -2.48. The number of rotatable bonds is 64. The molecule has 0 saturated carbocycles. The van der Waals surface area contributed by atoms with Gasteiger partial charge in [-0.2, -0.15) is 0 Å². The number of aliphatic hydroxyl groups is 11. The molecule has 3 fully saturated rings. The number of ether oxygens (including phenoxy) is 6. The minimum atomic E-state index is -1.97. The van der Waals surface area contributed by atoms with Gasteiger partial charge < -0.3 is 89.9 Å². The Morgan fingerprint density at radius 1 is 0.370 bits per heavy atom. The average molecular weight is 1420 g/mol. The summed E-state index contributed by atoms with van der Waals surface area (Å²) in [6.07, 6.45) is 51.8. The van der Waals surface area contributed by atoms with E-state index in [1.807, 2.05) is 0 Å². The van der Waals surface area contributed by atoms with E-state index in [9.17, 15) is 61.0 Å². The highest BCUT2D eigenvalue weighted by atomic mass is 16.8. The van der Waals surface area contributed by atoms with Crippen LogP contribution < -0.4 is 5.32 Å². The number of carbonyl (C=O) groups is 1. The number of aliphatic hydroxyl groups excluding tert-OH is 11. The van der Waals surface area contributed by atoms with Gasteiger partial charge in [-0.1, -0.05) is 312 Å². The normalized spacial score (nSPS) is 26.8. The fourth-order valence-corrected chi connectivity index (χ4v) is 13.6. The van der Waals surface area contributed by atoms with Gasteiger partial charge in [-0.25, -0.2) is 0 Å². The Morgan fingerprint density at radius 2 is 0.690 bits per heavy atom. The maximum atomic E-state index is 13.5. The zero-order chi connectivity index (χ0) is 72.5.